The lowest BCUT2D eigenvalue weighted by atomic mass is 9.93. The Labute approximate surface area is 125 Å². The molecule has 0 aliphatic carbocycles. The van der Waals surface area contributed by atoms with Crippen molar-refractivity contribution >= 4 is 0 Å². The fourth-order valence-corrected chi connectivity index (χ4v) is 2.79. The molecule has 0 amide bonds. The van der Waals surface area contributed by atoms with Gasteiger partial charge in [-0.05, 0) is 32.0 Å². The molecule has 0 radical (unpaired) electrons. The van der Waals surface area contributed by atoms with E-state index in [1.165, 1.54) is 0 Å². The molecular formula is C18H20O3. The predicted octanol–water partition coefficient (Wildman–Crippen LogP) is 3.95. The maximum atomic E-state index is 10.4. The van der Waals surface area contributed by atoms with Gasteiger partial charge < -0.3 is 14.6 Å². The quantitative estimate of drug-likeness (QED) is 0.927. The summed E-state index contributed by atoms with van der Waals surface area (Å²) in [4.78, 5) is 0. The third-order valence-electron chi connectivity index (χ3n) is 3.80. The molecule has 0 spiro atoms. The maximum Gasteiger partial charge on any atom is 0.130 e. The van der Waals surface area contributed by atoms with Crippen LogP contribution >= 0.6 is 0 Å². The average Bonchev–Trinajstić information content (AvgIpc) is 2.49. The molecule has 2 aromatic rings. The number of aryl methyl sites for hydroxylation is 1. The van der Waals surface area contributed by atoms with Gasteiger partial charge >= 0.3 is 0 Å². The van der Waals surface area contributed by atoms with E-state index in [0.29, 0.717) is 13.0 Å². The van der Waals surface area contributed by atoms with Crippen molar-refractivity contribution in [2.24, 2.45) is 0 Å². The second kappa shape index (κ2) is 5.78. The van der Waals surface area contributed by atoms with Crippen LogP contribution in [0.4, 0.5) is 0 Å². The van der Waals surface area contributed by atoms with Crippen LogP contribution in [-0.2, 0) is 0 Å². The second-order valence-corrected chi connectivity index (χ2v) is 5.37. The lowest BCUT2D eigenvalue weighted by Gasteiger charge is -2.31. The molecular weight excluding hydrogens is 264 g/mol. The van der Waals surface area contributed by atoms with E-state index in [9.17, 15) is 5.11 Å². The molecule has 0 saturated carbocycles. The highest BCUT2D eigenvalue weighted by Gasteiger charge is 2.29. The van der Waals surface area contributed by atoms with Gasteiger partial charge in [-0.25, -0.2) is 0 Å². The minimum atomic E-state index is -0.506. The van der Waals surface area contributed by atoms with Crippen LogP contribution in [-0.4, -0.2) is 11.7 Å². The van der Waals surface area contributed by atoms with Gasteiger partial charge in [0.05, 0.1) is 12.7 Å². The van der Waals surface area contributed by atoms with Gasteiger partial charge in [0.2, 0.25) is 0 Å². The van der Waals surface area contributed by atoms with E-state index in [1.807, 2.05) is 56.3 Å². The van der Waals surface area contributed by atoms with Gasteiger partial charge in [-0.15, -0.1) is 0 Å². The van der Waals surface area contributed by atoms with Crippen molar-refractivity contribution in [3.8, 4) is 11.5 Å². The Hall–Kier alpha value is -2.00. The largest absolute Gasteiger partial charge is 0.493 e. The van der Waals surface area contributed by atoms with Gasteiger partial charge in [0.25, 0.3) is 0 Å². The molecule has 3 heteroatoms. The van der Waals surface area contributed by atoms with E-state index in [2.05, 4.69) is 0 Å². The summed E-state index contributed by atoms with van der Waals surface area (Å²) in [7, 11) is 0. The van der Waals surface area contributed by atoms with E-state index >= 15 is 0 Å². The first-order valence-electron chi connectivity index (χ1n) is 7.36. The zero-order valence-electron chi connectivity index (χ0n) is 12.4. The van der Waals surface area contributed by atoms with Crippen LogP contribution in [0.1, 0.15) is 42.2 Å². The molecule has 110 valence electrons. The number of para-hydroxylation sites is 1. The second-order valence-electron chi connectivity index (χ2n) is 5.37. The van der Waals surface area contributed by atoms with Gasteiger partial charge in [-0.2, -0.15) is 0 Å². The molecule has 1 heterocycles. The molecule has 0 saturated heterocycles. The van der Waals surface area contributed by atoms with Crippen LogP contribution in [0.5, 0.6) is 11.5 Å². The molecule has 0 bridgehead atoms. The predicted molar refractivity (Wildman–Crippen MR) is 81.7 cm³/mol. The molecule has 1 aliphatic heterocycles. The molecule has 1 aliphatic rings. The van der Waals surface area contributed by atoms with Crippen molar-refractivity contribution in [1.82, 2.24) is 0 Å². The summed E-state index contributed by atoms with van der Waals surface area (Å²) in [6, 6.07) is 13.8. The zero-order valence-corrected chi connectivity index (χ0v) is 12.4. The summed E-state index contributed by atoms with van der Waals surface area (Å²) in [5.74, 6) is 1.59. The Morgan fingerprint density at radius 1 is 1.19 bits per heavy atom. The van der Waals surface area contributed by atoms with Gasteiger partial charge in [0, 0.05) is 17.5 Å². The highest BCUT2D eigenvalue weighted by molar-refractivity contribution is 5.43. The third kappa shape index (κ3) is 2.74. The van der Waals surface area contributed by atoms with E-state index in [-0.39, 0.29) is 6.10 Å². The van der Waals surface area contributed by atoms with Crippen LogP contribution in [0.25, 0.3) is 0 Å². The van der Waals surface area contributed by atoms with Crippen molar-refractivity contribution in [1.29, 1.82) is 0 Å². The Morgan fingerprint density at radius 3 is 2.81 bits per heavy atom. The molecule has 3 rings (SSSR count). The molecule has 1 N–H and O–H groups in total. The fourth-order valence-electron chi connectivity index (χ4n) is 2.79. The maximum absolute atomic E-state index is 10.4. The van der Waals surface area contributed by atoms with E-state index in [0.717, 1.165) is 28.2 Å². The number of hydrogen-bond donors (Lipinski definition) is 1. The van der Waals surface area contributed by atoms with Crippen molar-refractivity contribution < 1.29 is 14.6 Å². The summed E-state index contributed by atoms with van der Waals surface area (Å²) in [5, 5.41) is 10.4. The topological polar surface area (TPSA) is 38.7 Å². The summed E-state index contributed by atoms with van der Waals surface area (Å²) in [5.41, 5.74) is 2.99. The van der Waals surface area contributed by atoms with E-state index < -0.39 is 6.10 Å². The Balaban J connectivity index is 1.94. The third-order valence-corrected chi connectivity index (χ3v) is 3.80. The Morgan fingerprint density at radius 2 is 2.00 bits per heavy atom. The van der Waals surface area contributed by atoms with Crippen molar-refractivity contribution in [3.05, 3.63) is 59.2 Å². The van der Waals surface area contributed by atoms with Crippen molar-refractivity contribution in [2.45, 2.75) is 32.5 Å². The molecule has 2 atom stereocenters. The van der Waals surface area contributed by atoms with Gasteiger partial charge in [-0.3, -0.25) is 0 Å². The number of aliphatic hydroxyl groups is 1. The first kappa shape index (κ1) is 14.0. The molecule has 0 aromatic heterocycles. The van der Waals surface area contributed by atoms with Crippen LogP contribution < -0.4 is 9.47 Å². The number of hydrogen-bond acceptors (Lipinski definition) is 3. The van der Waals surface area contributed by atoms with Crippen molar-refractivity contribution in [3.63, 3.8) is 0 Å². The summed E-state index contributed by atoms with van der Waals surface area (Å²) in [6.45, 7) is 4.59. The molecule has 21 heavy (non-hydrogen) atoms. The lowest BCUT2D eigenvalue weighted by molar-refractivity contribution is 0.0642. The fraction of sp³-hybridized carbons (Fsp3) is 0.333. The van der Waals surface area contributed by atoms with Gasteiger partial charge in [0.1, 0.15) is 17.6 Å². The first-order valence-corrected chi connectivity index (χ1v) is 7.36. The lowest BCUT2D eigenvalue weighted by Crippen LogP contribution is -2.19. The highest BCUT2D eigenvalue weighted by Crippen LogP contribution is 2.43. The number of fused-ring (bicyclic) bond motifs is 1. The Kier molecular flexibility index (Phi) is 3.84. The van der Waals surface area contributed by atoms with E-state index in [1.54, 1.807) is 0 Å². The van der Waals surface area contributed by atoms with Crippen molar-refractivity contribution in [2.75, 3.05) is 6.61 Å². The van der Waals surface area contributed by atoms with Crippen LogP contribution in [0, 0.1) is 6.92 Å². The summed E-state index contributed by atoms with van der Waals surface area (Å²) >= 11 is 0. The zero-order chi connectivity index (χ0) is 14.8. The smallest absolute Gasteiger partial charge is 0.130 e. The molecule has 1 unspecified atom stereocenters. The standard InChI is InChI=1S/C18H20O3/c1-3-20-16-7-5-4-6-13(16)18-11-15(19)14-10-12(2)8-9-17(14)21-18/h4-10,15,18-19H,3,11H2,1-2H3/t15-,18?/m0/s1. The summed E-state index contributed by atoms with van der Waals surface area (Å²) in [6.07, 6.45) is -0.146. The first-order chi connectivity index (χ1) is 10.2. The summed E-state index contributed by atoms with van der Waals surface area (Å²) < 4.78 is 11.8. The number of rotatable bonds is 3. The van der Waals surface area contributed by atoms with Crippen LogP contribution in [0.2, 0.25) is 0 Å². The van der Waals surface area contributed by atoms with Crippen LogP contribution in [0.3, 0.4) is 0 Å². The minimum Gasteiger partial charge on any atom is -0.493 e. The monoisotopic (exact) mass is 284 g/mol. The number of ether oxygens (including phenoxy) is 2. The Bertz CT molecular complexity index is 636. The normalized spacial score (nSPS) is 20.5. The van der Waals surface area contributed by atoms with Gasteiger partial charge in [-0.1, -0.05) is 29.8 Å². The highest BCUT2D eigenvalue weighted by atomic mass is 16.5. The van der Waals surface area contributed by atoms with E-state index in [4.69, 9.17) is 9.47 Å². The minimum absolute atomic E-state index is 0.182. The molecule has 2 aromatic carbocycles. The number of aliphatic hydroxyl groups excluding tert-OH is 1. The van der Waals surface area contributed by atoms with Gasteiger partial charge in [0.15, 0.2) is 0 Å². The molecule has 0 fully saturated rings. The number of benzene rings is 2. The average molecular weight is 284 g/mol. The SMILES string of the molecule is CCOc1ccccc1C1C[C@H](O)c2cc(C)ccc2O1. The van der Waals surface area contributed by atoms with Crippen LogP contribution in [0.15, 0.2) is 42.5 Å². The molecule has 3 nitrogen and oxygen atoms in total.